The topological polar surface area (TPSA) is 133 Å². The number of nitrogens with zero attached hydrogens (tertiary/aromatic N) is 2. The number of oxime groups is 1. The van der Waals surface area contributed by atoms with Crippen LogP contribution in [0.1, 0.15) is 159 Å². The predicted molar refractivity (Wildman–Crippen MR) is 284 cm³/mol. The molecule has 1 heterocycles. The molecule has 12 heteroatoms. The number of fused-ring (bicyclic) bond motifs is 2. The number of unbranched alkanes of at least 4 members (excludes halogenated alkanes) is 15. The largest absolute Gasteiger partial charge is 0.460 e. The summed E-state index contributed by atoms with van der Waals surface area (Å²) in [6, 6.07) is 20.8. The molecule has 0 radical (unpaired) electrons. The quantitative estimate of drug-likeness (QED) is 0.0196. The Kier molecular flexibility index (Phi) is 23.3. The summed E-state index contributed by atoms with van der Waals surface area (Å²) in [5, 5.41) is 36.2. The summed E-state index contributed by atoms with van der Waals surface area (Å²) in [4.78, 5) is 18.4. The number of nitro benzene ring substituents is 1. The van der Waals surface area contributed by atoms with Gasteiger partial charge in [-0.05, 0) is 122 Å². The summed E-state index contributed by atoms with van der Waals surface area (Å²) in [7, 11) is 0. The Labute approximate surface area is 421 Å². The number of non-ortho nitro benzene ring substituents is 1. The summed E-state index contributed by atoms with van der Waals surface area (Å²) in [6.45, 7) is 7.13. The average molecular weight is 985 g/mol. The Bertz CT molecular complexity index is 2060. The molecule has 1 aliphatic heterocycles. The number of aliphatic hydroxyl groups excluding tert-OH is 2. The van der Waals surface area contributed by atoms with Crippen molar-refractivity contribution in [3.63, 3.8) is 0 Å². The second-order valence-electron chi connectivity index (χ2n) is 19.2. The van der Waals surface area contributed by atoms with Crippen LogP contribution in [-0.4, -0.2) is 63.7 Å². The van der Waals surface area contributed by atoms with Crippen molar-refractivity contribution in [2.24, 2.45) is 22.9 Å². The number of allylic oxidation sites excluding steroid dienone is 1. The van der Waals surface area contributed by atoms with E-state index in [-0.39, 0.29) is 54.4 Å². The van der Waals surface area contributed by atoms with Gasteiger partial charge in [0.05, 0.1) is 28.4 Å². The number of ether oxygens (including phenoxy) is 3. The van der Waals surface area contributed by atoms with Crippen LogP contribution in [0.5, 0.6) is 17.2 Å². The van der Waals surface area contributed by atoms with Gasteiger partial charge in [0.25, 0.3) is 5.69 Å². The maximum atomic E-state index is 11.4. The smallest absolute Gasteiger partial charge is 0.269 e. The molecule has 0 aromatic heterocycles. The molecule has 3 aliphatic rings. The van der Waals surface area contributed by atoms with Gasteiger partial charge >= 0.3 is 0 Å². The minimum atomic E-state index is -1.04. The van der Waals surface area contributed by atoms with Gasteiger partial charge in [-0.2, -0.15) is 11.8 Å². The van der Waals surface area contributed by atoms with E-state index in [2.05, 4.69) is 50.1 Å². The first-order chi connectivity index (χ1) is 33.8. The molecular formula is C57H80N2O8S2. The van der Waals surface area contributed by atoms with Gasteiger partial charge in [0, 0.05) is 48.1 Å². The normalized spacial score (nSPS) is 22.1. The van der Waals surface area contributed by atoms with Crippen LogP contribution >= 0.6 is 23.5 Å². The second-order valence-corrected chi connectivity index (χ2v) is 21.4. The number of aliphatic hydroxyl groups is 2. The fourth-order valence-electron chi connectivity index (χ4n) is 10.7. The molecule has 1 saturated carbocycles. The van der Waals surface area contributed by atoms with Gasteiger partial charge in [0.2, 0.25) is 5.79 Å². The van der Waals surface area contributed by atoms with Gasteiger partial charge in [-0.25, -0.2) is 0 Å². The first-order valence-corrected chi connectivity index (χ1v) is 28.5. The highest BCUT2D eigenvalue weighted by atomic mass is 32.2. The van der Waals surface area contributed by atoms with Crippen LogP contribution in [0.4, 0.5) is 5.69 Å². The zero-order valence-corrected chi connectivity index (χ0v) is 43.2. The lowest BCUT2D eigenvalue weighted by Crippen LogP contribution is -2.64. The summed E-state index contributed by atoms with van der Waals surface area (Å²) in [6.07, 6.45) is 30.2. The molecule has 2 aliphatic carbocycles. The molecule has 0 saturated heterocycles. The summed E-state index contributed by atoms with van der Waals surface area (Å²) in [5.74, 6) is 2.22. The fourth-order valence-corrected chi connectivity index (χ4v) is 12.6. The summed E-state index contributed by atoms with van der Waals surface area (Å²) >= 11 is 3.61. The van der Waals surface area contributed by atoms with Gasteiger partial charge < -0.3 is 29.3 Å². The number of hydrogen-bond acceptors (Lipinski definition) is 11. The number of nitro groups is 1. The van der Waals surface area contributed by atoms with E-state index >= 15 is 0 Å². The number of hydrogen-bond donors (Lipinski definition) is 2. The first kappa shape index (κ1) is 54.5. The van der Waals surface area contributed by atoms with E-state index in [4.69, 9.17) is 24.2 Å². The lowest BCUT2D eigenvalue weighted by atomic mass is 9.56. The van der Waals surface area contributed by atoms with E-state index in [0.29, 0.717) is 25.9 Å². The van der Waals surface area contributed by atoms with E-state index in [9.17, 15) is 20.3 Å². The molecular weight excluding hydrogens is 905 g/mol. The van der Waals surface area contributed by atoms with Gasteiger partial charge in [0.15, 0.2) is 0 Å². The van der Waals surface area contributed by atoms with Crippen LogP contribution in [-0.2, 0) is 16.2 Å². The first-order valence-electron chi connectivity index (χ1n) is 26.2. The summed E-state index contributed by atoms with van der Waals surface area (Å²) in [5.41, 5.74) is 3.84. The molecule has 3 aromatic carbocycles. The van der Waals surface area contributed by atoms with E-state index in [1.165, 1.54) is 100 Å². The van der Waals surface area contributed by atoms with Gasteiger partial charge in [-0.3, -0.25) is 10.1 Å². The molecule has 0 amide bonds. The lowest BCUT2D eigenvalue weighted by Gasteiger charge is -2.58. The van der Waals surface area contributed by atoms with Crippen molar-refractivity contribution in [3.05, 3.63) is 112 Å². The molecule has 378 valence electrons. The fraction of sp³-hybridized carbons (Fsp3) is 0.596. The van der Waals surface area contributed by atoms with Crippen molar-refractivity contribution < 1.29 is 34.2 Å². The molecule has 0 spiro atoms. The minimum Gasteiger partial charge on any atom is -0.460 e. The number of rotatable bonds is 34. The van der Waals surface area contributed by atoms with Crippen LogP contribution in [0, 0.1) is 27.9 Å². The highest BCUT2D eigenvalue weighted by Gasteiger charge is 2.64. The van der Waals surface area contributed by atoms with Crippen molar-refractivity contribution in [1.82, 2.24) is 0 Å². The molecule has 0 bridgehead atoms. The van der Waals surface area contributed by atoms with Crippen LogP contribution in [0.25, 0.3) is 0 Å². The van der Waals surface area contributed by atoms with Crippen LogP contribution < -0.4 is 9.47 Å². The van der Waals surface area contributed by atoms with Crippen molar-refractivity contribution in [2.75, 3.05) is 31.8 Å². The Morgan fingerprint density at radius 1 is 0.826 bits per heavy atom. The molecule has 6 atom stereocenters. The molecule has 6 rings (SSSR count). The third-order valence-corrected chi connectivity index (χ3v) is 16.5. The maximum absolute atomic E-state index is 11.4. The average Bonchev–Trinajstić information content (AvgIpc) is 3.36. The van der Waals surface area contributed by atoms with Gasteiger partial charge in [-0.15, -0.1) is 18.3 Å². The highest BCUT2D eigenvalue weighted by molar-refractivity contribution is 8.00. The van der Waals surface area contributed by atoms with Gasteiger partial charge in [-0.1, -0.05) is 121 Å². The third-order valence-electron chi connectivity index (χ3n) is 14.3. The Balaban J connectivity index is 1.31. The third kappa shape index (κ3) is 15.6. The van der Waals surface area contributed by atoms with Crippen molar-refractivity contribution in [3.8, 4) is 17.2 Å². The zero-order valence-electron chi connectivity index (χ0n) is 41.5. The summed E-state index contributed by atoms with van der Waals surface area (Å²) < 4.78 is 21.2. The number of thioether (sulfide) groups is 2. The van der Waals surface area contributed by atoms with Crippen LogP contribution in [0.15, 0.2) is 101 Å². The van der Waals surface area contributed by atoms with E-state index in [0.717, 1.165) is 77.5 Å². The number of benzene rings is 3. The predicted octanol–water partition coefficient (Wildman–Crippen LogP) is 15.2. The monoisotopic (exact) mass is 985 g/mol. The molecule has 10 nitrogen and oxygen atoms in total. The molecule has 69 heavy (non-hydrogen) atoms. The van der Waals surface area contributed by atoms with E-state index in [1.807, 2.05) is 36.0 Å². The van der Waals surface area contributed by atoms with E-state index < -0.39 is 10.7 Å². The standard InChI is InChI=1S/C57H80N2O8S2/c1-4-6-7-8-9-10-11-12-13-14-15-16-17-22-38-69-54-41-52(58-65-42-43-25-27-45(28-26-43)59(62)63)50-39-44(23-18-20-35-60)49(24-19-21-36-61)55-51-40-47(66-46-29-32-48(68-3)33-30-46)31-34-53(51)67-57(54,56(50)55)64-37-5-2/h5,25-34,39-40,44,49,54-56,60-61H,2,4,6-24,35-38,41-42H2,1,3H3. The Morgan fingerprint density at radius 3 is 2.09 bits per heavy atom. The molecule has 6 unspecified atom stereocenters. The molecule has 3 aromatic rings. The van der Waals surface area contributed by atoms with Crippen molar-refractivity contribution in [2.45, 2.75) is 170 Å². The van der Waals surface area contributed by atoms with Crippen LogP contribution in [0.2, 0.25) is 0 Å². The lowest BCUT2D eigenvalue weighted by molar-refractivity contribution is -0.384. The van der Waals surface area contributed by atoms with Crippen molar-refractivity contribution in [1.29, 1.82) is 0 Å². The SMILES string of the molecule is C=CCOC12Oc3ccc(Oc4ccc(SC)cc4)cc3C3C(CCCCO)C(CCCCO)C=C(C(=NOCc4ccc([N+](=O)[O-])cc4)CC1SCCCCCCCCCCCCCCCC)C32. The minimum absolute atomic E-state index is 0.0331. The Hall–Kier alpha value is -3.81. The second kappa shape index (κ2) is 29.5. The van der Waals surface area contributed by atoms with E-state index in [1.54, 1.807) is 23.9 Å². The van der Waals surface area contributed by atoms with Crippen molar-refractivity contribution >= 4 is 34.9 Å². The zero-order chi connectivity index (χ0) is 48.7. The molecule has 1 fully saturated rings. The Morgan fingerprint density at radius 2 is 1.46 bits per heavy atom. The molecule has 2 N–H and O–H groups in total. The maximum Gasteiger partial charge on any atom is 0.269 e. The highest BCUT2D eigenvalue weighted by Crippen LogP contribution is 2.63. The van der Waals surface area contributed by atoms with Gasteiger partial charge in [0.1, 0.15) is 23.9 Å². The van der Waals surface area contributed by atoms with Crippen LogP contribution in [0.3, 0.4) is 0 Å².